The summed E-state index contributed by atoms with van der Waals surface area (Å²) in [6.45, 7) is 2.78. The summed E-state index contributed by atoms with van der Waals surface area (Å²) in [5.41, 5.74) is 1.60. The smallest absolute Gasteiger partial charge is 0.322 e. The molecule has 196 valence electrons. The maximum Gasteiger partial charge on any atom is 0.322 e. The normalized spacial score (nSPS) is 18.8. The van der Waals surface area contributed by atoms with Crippen LogP contribution in [0, 0.1) is 18.6 Å². The maximum atomic E-state index is 15.4. The van der Waals surface area contributed by atoms with Crippen LogP contribution < -0.4 is 4.90 Å². The van der Waals surface area contributed by atoms with Crippen LogP contribution >= 0.6 is 0 Å². The van der Waals surface area contributed by atoms with Crippen LogP contribution in [-0.4, -0.2) is 64.4 Å². The third-order valence-corrected chi connectivity index (χ3v) is 6.75. The maximum absolute atomic E-state index is 15.4. The molecule has 11 heteroatoms. The molecule has 1 aromatic carbocycles. The van der Waals surface area contributed by atoms with Crippen molar-refractivity contribution < 1.29 is 31.9 Å². The molecule has 2 aliphatic heterocycles. The molecule has 0 spiro atoms. The number of anilines is 1. The molecule has 0 N–H and O–H groups in total. The van der Waals surface area contributed by atoms with Gasteiger partial charge in [0.2, 0.25) is 5.91 Å². The van der Waals surface area contributed by atoms with E-state index in [4.69, 9.17) is 4.74 Å². The molecular weight excluding hydrogens is 492 g/mol. The average Bonchev–Trinajstić information content (AvgIpc) is 3.41. The molecule has 3 aromatic rings. The zero-order chi connectivity index (χ0) is 26.5. The zero-order valence-corrected chi connectivity index (χ0v) is 20.4. The lowest BCUT2D eigenvalue weighted by atomic mass is 10.0. The molecule has 0 saturated carbocycles. The van der Waals surface area contributed by atoms with Gasteiger partial charge in [-0.05, 0) is 43.2 Å². The fourth-order valence-corrected chi connectivity index (χ4v) is 4.98. The Hall–Kier alpha value is -3.47. The van der Waals surface area contributed by atoms with Crippen molar-refractivity contribution in [1.29, 1.82) is 0 Å². The molecule has 37 heavy (non-hydrogen) atoms. The first-order chi connectivity index (χ1) is 17.5. The molecule has 7 nitrogen and oxygen atoms in total. The van der Waals surface area contributed by atoms with Crippen LogP contribution in [0.4, 0.5) is 23.2 Å². The first-order valence-corrected chi connectivity index (χ1v) is 12.1. The molecule has 2 aromatic heterocycles. The lowest BCUT2D eigenvalue weighted by Gasteiger charge is -2.34. The number of hydrogen-bond acceptors (Lipinski definition) is 4. The van der Waals surface area contributed by atoms with Crippen LogP contribution in [0.3, 0.4) is 0 Å². The lowest BCUT2D eigenvalue weighted by molar-refractivity contribution is -0.162. The van der Waals surface area contributed by atoms with Crippen LogP contribution in [0.1, 0.15) is 31.0 Å². The molecule has 2 amide bonds. The third kappa shape index (κ3) is 4.79. The van der Waals surface area contributed by atoms with Gasteiger partial charge in [-0.25, -0.2) is 13.8 Å². The van der Waals surface area contributed by atoms with E-state index in [1.807, 2.05) is 13.0 Å². The van der Waals surface area contributed by atoms with Crippen molar-refractivity contribution >= 4 is 23.1 Å². The Kier molecular flexibility index (Phi) is 6.43. The number of hydrogen-bond donors (Lipinski definition) is 0. The van der Waals surface area contributed by atoms with Gasteiger partial charge in [0, 0.05) is 51.3 Å². The summed E-state index contributed by atoms with van der Waals surface area (Å²) in [6.07, 6.45) is 2.04. The lowest BCUT2D eigenvalue weighted by Crippen LogP contribution is -2.51. The van der Waals surface area contributed by atoms with Gasteiger partial charge >= 0.3 is 5.92 Å². The number of halogens is 4. The highest BCUT2D eigenvalue weighted by molar-refractivity contribution is 5.95. The predicted octanol–water partition coefficient (Wildman–Crippen LogP) is 4.14. The Bertz CT molecular complexity index is 1360. The van der Waals surface area contributed by atoms with E-state index in [9.17, 15) is 18.4 Å². The Morgan fingerprint density at radius 2 is 1.92 bits per heavy atom. The van der Waals surface area contributed by atoms with Crippen LogP contribution in [0.25, 0.3) is 16.9 Å². The van der Waals surface area contributed by atoms with E-state index < -0.39 is 29.6 Å². The molecule has 0 aliphatic carbocycles. The highest BCUT2D eigenvalue weighted by Crippen LogP contribution is 2.35. The van der Waals surface area contributed by atoms with E-state index in [-0.39, 0.29) is 49.0 Å². The van der Waals surface area contributed by atoms with Gasteiger partial charge in [-0.1, -0.05) is 0 Å². The quantitative estimate of drug-likeness (QED) is 0.477. The van der Waals surface area contributed by atoms with Crippen molar-refractivity contribution in [2.75, 3.05) is 31.1 Å². The average molecular weight is 519 g/mol. The Morgan fingerprint density at radius 1 is 1.19 bits per heavy atom. The van der Waals surface area contributed by atoms with E-state index in [2.05, 4.69) is 4.98 Å². The first kappa shape index (κ1) is 25.2. The van der Waals surface area contributed by atoms with Crippen molar-refractivity contribution in [3.63, 3.8) is 0 Å². The molecule has 2 fully saturated rings. The molecule has 0 radical (unpaired) electrons. The SMILES string of the molecule is Cc1ccn2c(CC3CN(C(=O)C(C)(F)F)CCO3)c(-c3c(F)cc(N4CCCC4=O)cc3F)nc2c1. The first-order valence-electron chi connectivity index (χ1n) is 12.1. The largest absolute Gasteiger partial charge is 0.374 e. The summed E-state index contributed by atoms with van der Waals surface area (Å²) in [5.74, 6) is -6.75. The Morgan fingerprint density at radius 3 is 2.57 bits per heavy atom. The topological polar surface area (TPSA) is 67.2 Å². The monoisotopic (exact) mass is 518 g/mol. The zero-order valence-electron chi connectivity index (χ0n) is 20.4. The molecule has 1 atom stereocenters. The van der Waals surface area contributed by atoms with Crippen LogP contribution in [0.15, 0.2) is 30.5 Å². The van der Waals surface area contributed by atoms with Gasteiger partial charge in [-0.15, -0.1) is 0 Å². The summed E-state index contributed by atoms with van der Waals surface area (Å²) in [5, 5.41) is 0. The van der Waals surface area contributed by atoms with Crippen molar-refractivity contribution in [3.05, 3.63) is 53.4 Å². The van der Waals surface area contributed by atoms with Crippen LogP contribution in [0.2, 0.25) is 0 Å². The van der Waals surface area contributed by atoms with Crippen molar-refractivity contribution in [2.45, 2.75) is 45.1 Å². The van der Waals surface area contributed by atoms with Gasteiger partial charge in [0.1, 0.15) is 17.3 Å². The number of amides is 2. The van der Waals surface area contributed by atoms with Gasteiger partial charge in [0.25, 0.3) is 5.91 Å². The highest BCUT2D eigenvalue weighted by atomic mass is 19.3. The number of aryl methyl sites for hydroxylation is 1. The second-order valence-electron chi connectivity index (χ2n) is 9.61. The number of aromatic nitrogens is 2. The Balaban J connectivity index is 1.54. The number of ether oxygens (including phenoxy) is 1. The van der Waals surface area contributed by atoms with E-state index in [1.54, 1.807) is 16.7 Å². The van der Waals surface area contributed by atoms with Crippen LogP contribution in [0.5, 0.6) is 0 Å². The number of benzene rings is 1. The standard InChI is InChI=1S/C26H26F4N4O3/c1-15-5-7-34-20(13-17-14-32(8-9-37-17)25(36)26(2,29)30)24(31-21(34)10-15)23-18(27)11-16(12-19(23)28)33-6-3-4-22(33)35/h5,7,10-12,17H,3-4,6,8-9,13-14H2,1-2H3. The molecule has 4 heterocycles. The van der Waals surface area contributed by atoms with Gasteiger partial charge in [0.15, 0.2) is 0 Å². The van der Waals surface area contributed by atoms with Gasteiger partial charge in [0.05, 0.1) is 29.7 Å². The molecular formula is C26H26F4N4O3. The molecule has 5 rings (SSSR count). The fraction of sp³-hybridized carbons (Fsp3) is 0.423. The summed E-state index contributed by atoms with van der Waals surface area (Å²) in [7, 11) is 0. The fourth-order valence-electron chi connectivity index (χ4n) is 4.98. The molecule has 2 saturated heterocycles. The molecule has 0 bridgehead atoms. The Labute approximate surface area is 210 Å². The number of nitrogens with zero attached hydrogens (tertiary/aromatic N) is 4. The minimum absolute atomic E-state index is 0.0257. The second kappa shape index (κ2) is 9.44. The van der Waals surface area contributed by atoms with E-state index in [0.717, 1.165) is 22.6 Å². The van der Waals surface area contributed by atoms with Crippen molar-refractivity contribution in [2.24, 2.45) is 0 Å². The minimum atomic E-state index is -3.52. The summed E-state index contributed by atoms with van der Waals surface area (Å²) < 4.78 is 65.6. The molecule has 1 unspecified atom stereocenters. The number of rotatable bonds is 5. The number of alkyl halides is 2. The number of carbonyl (C=O) groups is 2. The summed E-state index contributed by atoms with van der Waals surface area (Å²) in [6, 6.07) is 5.82. The van der Waals surface area contributed by atoms with E-state index in [1.165, 1.54) is 4.90 Å². The van der Waals surface area contributed by atoms with Gasteiger partial charge in [-0.3, -0.25) is 9.59 Å². The minimum Gasteiger partial charge on any atom is -0.374 e. The van der Waals surface area contributed by atoms with Crippen molar-refractivity contribution in [3.8, 4) is 11.3 Å². The van der Waals surface area contributed by atoms with Gasteiger partial charge in [-0.2, -0.15) is 8.78 Å². The number of imidazole rings is 1. The van der Waals surface area contributed by atoms with E-state index in [0.29, 0.717) is 37.7 Å². The number of carbonyl (C=O) groups excluding carboxylic acids is 2. The summed E-state index contributed by atoms with van der Waals surface area (Å²) in [4.78, 5) is 31.1. The molecule has 2 aliphatic rings. The van der Waals surface area contributed by atoms with Gasteiger partial charge < -0.3 is 18.9 Å². The van der Waals surface area contributed by atoms with Crippen LogP contribution in [-0.2, 0) is 20.7 Å². The summed E-state index contributed by atoms with van der Waals surface area (Å²) >= 11 is 0. The number of morpholine rings is 1. The third-order valence-electron chi connectivity index (χ3n) is 6.75. The van der Waals surface area contributed by atoms with Crippen molar-refractivity contribution in [1.82, 2.24) is 14.3 Å². The highest BCUT2D eigenvalue weighted by Gasteiger charge is 2.39. The van der Waals surface area contributed by atoms with E-state index >= 15 is 8.78 Å². The predicted molar refractivity (Wildman–Crippen MR) is 128 cm³/mol. The second-order valence-corrected chi connectivity index (χ2v) is 9.61. The number of pyridine rings is 1. The number of fused-ring (bicyclic) bond motifs is 1.